The lowest BCUT2D eigenvalue weighted by molar-refractivity contribution is 0.137. The number of ether oxygens (including phenoxy) is 1. The Labute approximate surface area is 62.2 Å². The van der Waals surface area contributed by atoms with Gasteiger partial charge in [-0.25, -0.2) is 0 Å². The zero-order chi connectivity index (χ0) is 7.11. The standard InChI is InChI=1S/C7H16OS/c1-4-6-9-7(3)8-5-2/h7H,4-6H2,1-3H3. The van der Waals surface area contributed by atoms with Crippen molar-refractivity contribution in [3.05, 3.63) is 0 Å². The van der Waals surface area contributed by atoms with Gasteiger partial charge in [-0.2, -0.15) is 0 Å². The predicted molar refractivity (Wildman–Crippen MR) is 43.8 cm³/mol. The highest BCUT2D eigenvalue weighted by atomic mass is 32.2. The molecule has 0 N–H and O–H groups in total. The van der Waals surface area contributed by atoms with Crippen molar-refractivity contribution in [3.8, 4) is 0 Å². The summed E-state index contributed by atoms with van der Waals surface area (Å²) in [7, 11) is 0. The molecule has 0 saturated heterocycles. The summed E-state index contributed by atoms with van der Waals surface area (Å²) in [4.78, 5) is 0. The topological polar surface area (TPSA) is 9.23 Å². The second-order valence-corrected chi connectivity index (χ2v) is 3.30. The number of hydrogen-bond donors (Lipinski definition) is 0. The van der Waals surface area contributed by atoms with Gasteiger partial charge in [0.2, 0.25) is 0 Å². The molecule has 0 aromatic heterocycles. The molecule has 0 aliphatic rings. The van der Waals surface area contributed by atoms with Gasteiger partial charge in [0, 0.05) is 6.61 Å². The van der Waals surface area contributed by atoms with Crippen LogP contribution in [0.4, 0.5) is 0 Å². The van der Waals surface area contributed by atoms with Crippen LogP contribution in [0.2, 0.25) is 0 Å². The molecule has 56 valence electrons. The lowest BCUT2D eigenvalue weighted by Gasteiger charge is -2.08. The number of rotatable bonds is 5. The van der Waals surface area contributed by atoms with Gasteiger partial charge in [-0.05, 0) is 26.0 Å². The molecule has 0 saturated carbocycles. The Kier molecular flexibility index (Phi) is 6.65. The third kappa shape index (κ3) is 6.19. The average Bonchev–Trinajstić information content (AvgIpc) is 1.85. The molecule has 0 amide bonds. The molecule has 0 aliphatic heterocycles. The average molecular weight is 148 g/mol. The number of hydrogen-bond acceptors (Lipinski definition) is 2. The Morgan fingerprint density at radius 2 is 2.11 bits per heavy atom. The van der Waals surface area contributed by atoms with Crippen molar-refractivity contribution in [1.29, 1.82) is 0 Å². The van der Waals surface area contributed by atoms with Crippen molar-refractivity contribution < 1.29 is 4.74 Å². The van der Waals surface area contributed by atoms with Gasteiger partial charge in [0.25, 0.3) is 0 Å². The minimum absolute atomic E-state index is 0.384. The van der Waals surface area contributed by atoms with E-state index in [9.17, 15) is 0 Å². The fourth-order valence-corrected chi connectivity index (χ4v) is 1.37. The van der Waals surface area contributed by atoms with Crippen LogP contribution in [-0.2, 0) is 4.74 Å². The molecule has 0 rings (SSSR count). The molecule has 0 spiro atoms. The molecule has 1 atom stereocenters. The lowest BCUT2D eigenvalue weighted by atomic mass is 10.6. The van der Waals surface area contributed by atoms with Crippen molar-refractivity contribution in [3.63, 3.8) is 0 Å². The zero-order valence-corrected chi connectivity index (χ0v) is 7.33. The molecule has 0 radical (unpaired) electrons. The monoisotopic (exact) mass is 148 g/mol. The van der Waals surface area contributed by atoms with E-state index in [0.717, 1.165) is 6.61 Å². The molecule has 9 heavy (non-hydrogen) atoms. The minimum atomic E-state index is 0.384. The van der Waals surface area contributed by atoms with Gasteiger partial charge in [-0.1, -0.05) is 6.92 Å². The van der Waals surface area contributed by atoms with Crippen LogP contribution in [0.5, 0.6) is 0 Å². The van der Waals surface area contributed by atoms with Crippen molar-refractivity contribution in [2.24, 2.45) is 0 Å². The molecule has 0 fully saturated rings. The summed E-state index contributed by atoms with van der Waals surface area (Å²) in [5.74, 6) is 1.21. The first-order valence-corrected chi connectivity index (χ1v) is 4.59. The van der Waals surface area contributed by atoms with Gasteiger partial charge in [-0.3, -0.25) is 0 Å². The SMILES string of the molecule is CCCSC(C)OCC. The summed E-state index contributed by atoms with van der Waals surface area (Å²) in [6.07, 6.45) is 1.24. The van der Waals surface area contributed by atoms with E-state index in [0.29, 0.717) is 5.44 Å². The summed E-state index contributed by atoms with van der Waals surface area (Å²) < 4.78 is 5.31. The molecule has 0 aliphatic carbocycles. The molecule has 0 heterocycles. The fraction of sp³-hybridized carbons (Fsp3) is 1.00. The maximum absolute atomic E-state index is 5.31. The van der Waals surface area contributed by atoms with Crippen molar-refractivity contribution in [2.75, 3.05) is 12.4 Å². The predicted octanol–water partition coefficient (Wildman–Crippen LogP) is 2.51. The molecule has 0 aromatic carbocycles. The number of thioether (sulfide) groups is 1. The molecular weight excluding hydrogens is 132 g/mol. The third-order valence-electron chi connectivity index (χ3n) is 0.958. The van der Waals surface area contributed by atoms with E-state index in [1.807, 2.05) is 18.7 Å². The van der Waals surface area contributed by atoms with Crippen LogP contribution >= 0.6 is 11.8 Å². The van der Waals surface area contributed by atoms with Gasteiger partial charge in [0.15, 0.2) is 0 Å². The van der Waals surface area contributed by atoms with Crippen LogP contribution in [-0.4, -0.2) is 17.8 Å². The summed E-state index contributed by atoms with van der Waals surface area (Å²) >= 11 is 1.88. The molecule has 1 nitrogen and oxygen atoms in total. The van der Waals surface area contributed by atoms with Crippen LogP contribution in [0.1, 0.15) is 27.2 Å². The molecule has 1 unspecified atom stereocenters. The van der Waals surface area contributed by atoms with E-state index in [-0.39, 0.29) is 0 Å². The lowest BCUT2D eigenvalue weighted by Crippen LogP contribution is -2.02. The van der Waals surface area contributed by atoms with Gasteiger partial charge in [-0.15, -0.1) is 11.8 Å². The Hall–Kier alpha value is 0.310. The summed E-state index contributed by atoms with van der Waals surface area (Å²) in [6.45, 7) is 7.15. The minimum Gasteiger partial charge on any atom is -0.368 e. The van der Waals surface area contributed by atoms with Crippen molar-refractivity contribution in [2.45, 2.75) is 32.6 Å². The van der Waals surface area contributed by atoms with Gasteiger partial charge < -0.3 is 4.74 Å². The van der Waals surface area contributed by atoms with E-state index in [1.165, 1.54) is 12.2 Å². The van der Waals surface area contributed by atoms with Gasteiger partial charge >= 0.3 is 0 Å². The van der Waals surface area contributed by atoms with Crippen LogP contribution in [0.15, 0.2) is 0 Å². The van der Waals surface area contributed by atoms with E-state index in [4.69, 9.17) is 4.74 Å². The summed E-state index contributed by atoms with van der Waals surface area (Å²) in [6, 6.07) is 0. The fourth-order valence-electron chi connectivity index (χ4n) is 0.567. The maximum atomic E-state index is 5.31. The highest BCUT2D eigenvalue weighted by Gasteiger charge is 1.97. The highest BCUT2D eigenvalue weighted by molar-refractivity contribution is 7.99. The Morgan fingerprint density at radius 3 is 2.56 bits per heavy atom. The summed E-state index contributed by atoms with van der Waals surface area (Å²) in [5, 5.41) is 0. The first kappa shape index (κ1) is 9.31. The van der Waals surface area contributed by atoms with Crippen LogP contribution in [0.3, 0.4) is 0 Å². The zero-order valence-electron chi connectivity index (χ0n) is 6.52. The van der Waals surface area contributed by atoms with Crippen molar-refractivity contribution in [1.82, 2.24) is 0 Å². The second-order valence-electron chi connectivity index (χ2n) is 1.89. The van der Waals surface area contributed by atoms with Gasteiger partial charge in [0.1, 0.15) is 0 Å². The van der Waals surface area contributed by atoms with E-state index >= 15 is 0 Å². The smallest absolute Gasteiger partial charge is 0.0999 e. The third-order valence-corrected chi connectivity index (χ3v) is 2.21. The quantitative estimate of drug-likeness (QED) is 0.554. The molecule has 2 heteroatoms. The Morgan fingerprint density at radius 1 is 1.44 bits per heavy atom. The Bertz CT molecular complexity index is 56.9. The molecule has 0 aromatic rings. The van der Waals surface area contributed by atoms with E-state index < -0.39 is 0 Å². The van der Waals surface area contributed by atoms with Crippen LogP contribution in [0.25, 0.3) is 0 Å². The second kappa shape index (κ2) is 6.43. The molecular formula is C7H16OS. The van der Waals surface area contributed by atoms with Crippen LogP contribution in [0, 0.1) is 0 Å². The first-order chi connectivity index (χ1) is 4.31. The highest BCUT2D eigenvalue weighted by Crippen LogP contribution is 2.11. The maximum Gasteiger partial charge on any atom is 0.0999 e. The first-order valence-electron chi connectivity index (χ1n) is 3.54. The van der Waals surface area contributed by atoms with E-state index in [1.54, 1.807) is 0 Å². The largest absolute Gasteiger partial charge is 0.368 e. The van der Waals surface area contributed by atoms with E-state index in [2.05, 4.69) is 13.8 Å². The van der Waals surface area contributed by atoms with Crippen LogP contribution < -0.4 is 0 Å². The van der Waals surface area contributed by atoms with Crippen molar-refractivity contribution >= 4 is 11.8 Å². The van der Waals surface area contributed by atoms with Gasteiger partial charge in [0.05, 0.1) is 5.44 Å². The molecule has 0 bridgehead atoms. The summed E-state index contributed by atoms with van der Waals surface area (Å²) in [5.41, 5.74) is 0.384. The Balaban J connectivity index is 2.95. The normalized spacial score (nSPS) is 13.7.